The van der Waals surface area contributed by atoms with Crippen LogP contribution in [0.4, 0.5) is 17.3 Å². The maximum Gasteiger partial charge on any atom is 0.270 e. The first-order valence-corrected chi connectivity index (χ1v) is 5.20. The van der Waals surface area contributed by atoms with Gasteiger partial charge in [0.05, 0.1) is 10.5 Å². The Morgan fingerprint density at radius 1 is 1.32 bits per heavy atom. The van der Waals surface area contributed by atoms with E-state index in [2.05, 4.69) is 15.3 Å². The van der Waals surface area contributed by atoms with Gasteiger partial charge in [0, 0.05) is 30.2 Å². The summed E-state index contributed by atoms with van der Waals surface area (Å²) in [4.78, 5) is 29.6. The highest BCUT2D eigenvalue weighted by atomic mass is 16.6. The number of nitrogens with one attached hydrogen (secondary N) is 1. The number of nitrogens with two attached hydrogens (primary N) is 1. The number of carbonyl (C=O) groups excluding carboxylic acids is 1. The minimum Gasteiger partial charge on any atom is -0.398 e. The Kier molecular flexibility index (Phi) is 3.33. The van der Waals surface area contributed by atoms with Gasteiger partial charge in [0.25, 0.3) is 11.6 Å². The smallest absolute Gasteiger partial charge is 0.270 e. The summed E-state index contributed by atoms with van der Waals surface area (Å²) < 4.78 is 0. The molecule has 0 saturated heterocycles. The van der Waals surface area contributed by atoms with Crippen LogP contribution >= 0.6 is 0 Å². The minimum absolute atomic E-state index is 0.00153. The molecule has 0 fully saturated rings. The van der Waals surface area contributed by atoms with E-state index in [4.69, 9.17) is 5.73 Å². The molecule has 1 amide bonds. The van der Waals surface area contributed by atoms with Crippen molar-refractivity contribution in [3.63, 3.8) is 0 Å². The molecule has 0 aliphatic rings. The Labute approximate surface area is 107 Å². The van der Waals surface area contributed by atoms with E-state index in [1.54, 1.807) is 6.07 Å². The van der Waals surface area contributed by atoms with E-state index < -0.39 is 10.8 Å². The molecule has 0 radical (unpaired) electrons. The Balaban J connectivity index is 2.28. The predicted molar refractivity (Wildman–Crippen MR) is 67.5 cm³/mol. The van der Waals surface area contributed by atoms with E-state index in [9.17, 15) is 14.9 Å². The van der Waals surface area contributed by atoms with Crippen molar-refractivity contribution < 1.29 is 9.72 Å². The molecule has 0 atom stereocenters. The first kappa shape index (κ1) is 12.4. The highest BCUT2D eigenvalue weighted by molar-refractivity contribution is 6.07. The van der Waals surface area contributed by atoms with E-state index in [1.165, 1.54) is 24.5 Å². The summed E-state index contributed by atoms with van der Waals surface area (Å²) in [6, 6.07) is 5.23. The quantitative estimate of drug-likeness (QED) is 0.485. The molecule has 0 bridgehead atoms. The molecule has 19 heavy (non-hydrogen) atoms. The van der Waals surface area contributed by atoms with Crippen molar-refractivity contribution >= 4 is 23.2 Å². The number of non-ortho nitro benzene ring substituents is 1. The fourth-order valence-corrected chi connectivity index (χ4v) is 1.39. The number of aromatic nitrogens is 2. The highest BCUT2D eigenvalue weighted by Gasteiger charge is 2.16. The van der Waals surface area contributed by atoms with Crippen LogP contribution in [0.2, 0.25) is 0 Å². The van der Waals surface area contributed by atoms with Gasteiger partial charge in [-0.25, -0.2) is 9.97 Å². The summed E-state index contributed by atoms with van der Waals surface area (Å²) in [5.74, 6) is -0.509. The Morgan fingerprint density at radius 3 is 2.63 bits per heavy atom. The maximum absolute atomic E-state index is 11.9. The normalized spacial score (nSPS) is 9.89. The van der Waals surface area contributed by atoms with Crippen LogP contribution in [0, 0.1) is 10.1 Å². The lowest BCUT2D eigenvalue weighted by atomic mass is 10.1. The van der Waals surface area contributed by atoms with Gasteiger partial charge in [-0.15, -0.1) is 0 Å². The molecule has 3 N–H and O–H groups in total. The highest BCUT2D eigenvalue weighted by Crippen LogP contribution is 2.20. The van der Waals surface area contributed by atoms with E-state index in [0.29, 0.717) is 0 Å². The van der Waals surface area contributed by atoms with Crippen LogP contribution in [0.5, 0.6) is 0 Å². The number of amides is 1. The van der Waals surface area contributed by atoms with Gasteiger partial charge < -0.3 is 5.73 Å². The number of nitro groups is 1. The SMILES string of the molecule is Nc1ccc([N+](=O)[O-])cc1C(=O)Nc1ncccn1. The van der Waals surface area contributed by atoms with Crippen molar-refractivity contribution in [1.82, 2.24) is 9.97 Å². The fraction of sp³-hybridized carbons (Fsp3) is 0. The van der Waals surface area contributed by atoms with E-state index in [-0.39, 0.29) is 22.9 Å². The maximum atomic E-state index is 11.9. The number of nitro benzene ring substituents is 1. The molecule has 0 aliphatic heterocycles. The number of benzene rings is 1. The molecule has 2 rings (SSSR count). The third kappa shape index (κ3) is 2.80. The van der Waals surface area contributed by atoms with Gasteiger partial charge in [-0.3, -0.25) is 20.2 Å². The van der Waals surface area contributed by atoms with E-state index in [0.717, 1.165) is 6.07 Å². The molecule has 1 heterocycles. The molecule has 96 valence electrons. The van der Waals surface area contributed by atoms with Crippen LogP contribution in [0.25, 0.3) is 0 Å². The summed E-state index contributed by atoms with van der Waals surface area (Å²) >= 11 is 0. The van der Waals surface area contributed by atoms with Crippen LogP contribution in [-0.2, 0) is 0 Å². The summed E-state index contributed by atoms with van der Waals surface area (Å²) in [6.07, 6.45) is 2.92. The molecule has 0 aliphatic carbocycles. The number of nitrogen functional groups attached to an aromatic ring is 1. The van der Waals surface area contributed by atoms with Crippen molar-refractivity contribution in [2.75, 3.05) is 11.1 Å². The molecule has 1 aromatic heterocycles. The zero-order chi connectivity index (χ0) is 13.8. The fourth-order valence-electron chi connectivity index (χ4n) is 1.39. The molecule has 0 saturated carbocycles. The number of hydrogen-bond acceptors (Lipinski definition) is 6. The van der Waals surface area contributed by atoms with Crippen LogP contribution in [0.3, 0.4) is 0 Å². The lowest BCUT2D eigenvalue weighted by Gasteiger charge is -2.05. The Morgan fingerprint density at radius 2 is 2.00 bits per heavy atom. The second-order valence-corrected chi connectivity index (χ2v) is 3.56. The largest absolute Gasteiger partial charge is 0.398 e. The van der Waals surface area contributed by atoms with Crippen molar-refractivity contribution in [1.29, 1.82) is 0 Å². The summed E-state index contributed by atoms with van der Waals surface area (Å²) in [6.45, 7) is 0. The minimum atomic E-state index is -0.604. The molecule has 2 aromatic rings. The Bertz CT molecular complexity index is 629. The topological polar surface area (TPSA) is 124 Å². The van der Waals surface area contributed by atoms with Gasteiger partial charge in [0.1, 0.15) is 0 Å². The predicted octanol–water partition coefficient (Wildman–Crippen LogP) is 1.22. The van der Waals surface area contributed by atoms with Crippen molar-refractivity contribution in [3.8, 4) is 0 Å². The zero-order valence-electron chi connectivity index (χ0n) is 9.61. The van der Waals surface area contributed by atoms with Crippen molar-refractivity contribution in [2.24, 2.45) is 0 Å². The first-order chi connectivity index (χ1) is 9.08. The molecular formula is C11H9N5O3. The Hall–Kier alpha value is -3.03. The van der Waals surface area contributed by atoms with Gasteiger partial charge in [0.2, 0.25) is 5.95 Å². The number of nitrogens with zero attached hydrogens (tertiary/aromatic N) is 3. The zero-order valence-corrected chi connectivity index (χ0v) is 9.61. The summed E-state index contributed by atoms with van der Waals surface area (Å²) in [5.41, 5.74) is 5.54. The third-order valence-electron chi connectivity index (χ3n) is 2.28. The average molecular weight is 259 g/mol. The van der Waals surface area contributed by atoms with Crippen molar-refractivity contribution in [2.45, 2.75) is 0 Å². The molecular weight excluding hydrogens is 250 g/mol. The van der Waals surface area contributed by atoms with E-state index >= 15 is 0 Å². The van der Waals surface area contributed by atoms with Gasteiger partial charge in [0.15, 0.2) is 0 Å². The number of carbonyl (C=O) groups is 1. The van der Waals surface area contributed by atoms with Crippen LogP contribution < -0.4 is 11.1 Å². The first-order valence-electron chi connectivity index (χ1n) is 5.20. The third-order valence-corrected chi connectivity index (χ3v) is 2.28. The van der Waals surface area contributed by atoms with E-state index in [1.807, 2.05) is 0 Å². The molecule has 1 aromatic carbocycles. The number of hydrogen-bond donors (Lipinski definition) is 2. The van der Waals surface area contributed by atoms with Gasteiger partial charge >= 0.3 is 0 Å². The van der Waals surface area contributed by atoms with Gasteiger partial charge in [-0.2, -0.15) is 0 Å². The van der Waals surface area contributed by atoms with Gasteiger partial charge in [-0.1, -0.05) is 0 Å². The van der Waals surface area contributed by atoms with Crippen LogP contribution in [-0.4, -0.2) is 20.8 Å². The molecule has 0 spiro atoms. The molecule has 8 nitrogen and oxygen atoms in total. The second-order valence-electron chi connectivity index (χ2n) is 3.56. The van der Waals surface area contributed by atoms with Crippen LogP contribution in [0.1, 0.15) is 10.4 Å². The lowest BCUT2D eigenvalue weighted by Crippen LogP contribution is -2.16. The lowest BCUT2D eigenvalue weighted by molar-refractivity contribution is -0.384. The average Bonchev–Trinajstić information content (AvgIpc) is 2.40. The number of rotatable bonds is 3. The molecule has 8 heteroatoms. The van der Waals surface area contributed by atoms with Crippen molar-refractivity contribution in [3.05, 3.63) is 52.3 Å². The number of anilines is 2. The standard InChI is InChI=1S/C11H9N5O3/c12-9-3-2-7(16(18)19)6-8(9)10(17)15-11-13-4-1-5-14-11/h1-6H,12H2,(H,13,14,15,17). The van der Waals surface area contributed by atoms with Crippen LogP contribution in [0.15, 0.2) is 36.7 Å². The molecule has 0 unspecified atom stereocenters. The summed E-state index contributed by atoms with van der Waals surface area (Å²) in [7, 11) is 0. The second kappa shape index (κ2) is 5.08. The monoisotopic (exact) mass is 259 g/mol. The summed E-state index contributed by atoms with van der Waals surface area (Å²) in [5, 5.41) is 13.1. The van der Waals surface area contributed by atoms with Gasteiger partial charge in [-0.05, 0) is 12.1 Å².